The molecule has 5 heteroatoms. The zero-order valence-electron chi connectivity index (χ0n) is 11.2. The molecule has 4 nitrogen and oxygen atoms in total. The first-order valence-corrected chi connectivity index (χ1v) is 7.34. The summed E-state index contributed by atoms with van der Waals surface area (Å²) in [6.45, 7) is 7.15. The molecule has 2 N–H and O–H groups in total. The zero-order valence-corrected chi connectivity index (χ0v) is 12.0. The highest BCUT2D eigenvalue weighted by molar-refractivity contribution is 7.11. The van der Waals surface area contributed by atoms with Crippen LogP contribution in [0.3, 0.4) is 0 Å². The molecule has 1 aromatic rings. The van der Waals surface area contributed by atoms with Crippen molar-refractivity contribution in [3.8, 4) is 0 Å². The number of aryl methyl sites for hydroxylation is 1. The minimum atomic E-state index is -0.0442. The number of thiazole rings is 1. The number of carbonyl (C=O) groups excluding carboxylic acids is 1. The van der Waals surface area contributed by atoms with E-state index in [1.54, 1.807) is 11.3 Å². The Morgan fingerprint density at radius 2 is 2.44 bits per heavy atom. The van der Waals surface area contributed by atoms with Crippen LogP contribution in [-0.4, -0.2) is 23.5 Å². The van der Waals surface area contributed by atoms with E-state index >= 15 is 0 Å². The van der Waals surface area contributed by atoms with E-state index in [4.69, 9.17) is 0 Å². The van der Waals surface area contributed by atoms with Gasteiger partial charge < -0.3 is 10.6 Å². The van der Waals surface area contributed by atoms with E-state index in [2.05, 4.69) is 22.5 Å². The maximum Gasteiger partial charge on any atom is 0.237 e. The second-order valence-electron chi connectivity index (χ2n) is 5.18. The van der Waals surface area contributed by atoms with E-state index in [1.165, 1.54) is 4.88 Å². The second-order valence-corrected chi connectivity index (χ2v) is 6.44. The molecular formula is C13H21N3OS. The molecule has 2 heterocycles. The minimum Gasteiger partial charge on any atom is -0.346 e. The predicted molar refractivity (Wildman–Crippen MR) is 73.6 cm³/mol. The first-order chi connectivity index (χ1) is 8.56. The van der Waals surface area contributed by atoms with Crippen LogP contribution in [0.1, 0.15) is 42.6 Å². The molecule has 0 aromatic carbocycles. The SMILES string of the molecule is Cc1cnc(C(C)NC(=O)C2CC(C)CCN2)s1. The van der Waals surface area contributed by atoms with Crippen LogP contribution in [0, 0.1) is 12.8 Å². The zero-order chi connectivity index (χ0) is 13.1. The number of carbonyl (C=O) groups is 1. The maximum atomic E-state index is 12.1. The third kappa shape index (κ3) is 3.29. The lowest BCUT2D eigenvalue weighted by Gasteiger charge is -2.28. The molecule has 0 saturated carbocycles. The molecule has 3 atom stereocenters. The highest BCUT2D eigenvalue weighted by atomic mass is 32.1. The summed E-state index contributed by atoms with van der Waals surface area (Å²) < 4.78 is 0. The number of amides is 1. The number of hydrogen-bond acceptors (Lipinski definition) is 4. The fraction of sp³-hybridized carbons (Fsp3) is 0.692. The van der Waals surface area contributed by atoms with E-state index in [-0.39, 0.29) is 18.0 Å². The number of rotatable bonds is 3. The third-order valence-electron chi connectivity index (χ3n) is 3.35. The average molecular weight is 267 g/mol. The van der Waals surface area contributed by atoms with Crippen LogP contribution in [0.5, 0.6) is 0 Å². The Kier molecular flexibility index (Phi) is 4.35. The van der Waals surface area contributed by atoms with Gasteiger partial charge in [0.15, 0.2) is 0 Å². The van der Waals surface area contributed by atoms with Gasteiger partial charge in [-0.05, 0) is 39.2 Å². The first-order valence-electron chi connectivity index (χ1n) is 6.52. The van der Waals surface area contributed by atoms with Crippen molar-refractivity contribution < 1.29 is 4.79 Å². The summed E-state index contributed by atoms with van der Waals surface area (Å²) in [5.74, 6) is 0.723. The smallest absolute Gasteiger partial charge is 0.237 e. The van der Waals surface area contributed by atoms with Crippen molar-refractivity contribution in [2.45, 2.75) is 45.7 Å². The molecule has 1 amide bonds. The standard InChI is InChI=1S/C13H21N3OS/c1-8-4-5-14-11(6-8)12(17)16-10(3)13-15-7-9(2)18-13/h7-8,10-11,14H,4-6H2,1-3H3,(H,16,17). The Bertz CT molecular complexity index is 418. The normalized spacial score (nSPS) is 25.7. The van der Waals surface area contributed by atoms with Crippen molar-refractivity contribution in [2.75, 3.05) is 6.54 Å². The highest BCUT2D eigenvalue weighted by Crippen LogP contribution is 2.20. The van der Waals surface area contributed by atoms with Crippen LogP contribution in [0.2, 0.25) is 0 Å². The number of nitrogens with zero attached hydrogens (tertiary/aromatic N) is 1. The number of nitrogens with one attached hydrogen (secondary N) is 2. The Hall–Kier alpha value is -0.940. The van der Waals surface area contributed by atoms with E-state index in [1.807, 2.05) is 20.0 Å². The summed E-state index contributed by atoms with van der Waals surface area (Å²) in [5.41, 5.74) is 0. The van der Waals surface area contributed by atoms with Gasteiger partial charge in [-0.3, -0.25) is 4.79 Å². The summed E-state index contributed by atoms with van der Waals surface area (Å²) in [5, 5.41) is 7.31. The van der Waals surface area contributed by atoms with Crippen molar-refractivity contribution in [1.82, 2.24) is 15.6 Å². The molecule has 1 aromatic heterocycles. The van der Waals surface area contributed by atoms with Gasteiger partial charge >= 0.3 is 0 Å². The van der Waals surface area contributed by atoms with E-state index < -0.39 is 0 Å². The van der Waals surface area contributed by atoms with Gasteiger partial charge in [-0.15, -0.1) is 11.3 Å². The molecule has 1 fully saturated rings. The average Bonchev–Trinajstić information content (AvgIpc) is 2.76. The molecule has 1 aliphatic heterocycles. The molecule has 2 rings (SSSR count). The van der Waals surface area contributed by atoms with Crippen LogP contribution in [0.15, 0.2) is 6.20 Å². The summed E-state index contributed by atoms with van der Waals surface area (Å²) in [7, 11) is 0. The molecule has 100 valence electrons. The molecule has 1 saturated heterocycles. The molecular weight excluding hydrogens is 246 g/mol. The summed E-state index contributed by atoms with van der Waals surface area (Å²) in [6.07, 6.45) is 3.93. The van der Waals surface area contributed by atoms with Crippen LogP contribution in [0.25, 0.3) is 0 Å². The van der Waals surface area contributed by atoms with Crippen molar-refractivity contribution in [2.24, 2.45) is 5.92 Å². The quantitative estimate of drug-likeness (QED) is 0.881. The number of piperidine rings is 1. The van der Waals surface area contributed by atoms with Crippen LogP contribution in [0.4, 0.5) is 0 Å². The van der Waals surface area contributed by atoms with Gasteiger partial charge in [0, 0.05) is 11.1 Å². The fourth-order valence-electron chi connectivity index (χ4n) is 2.26. The van der Waals surface area contributed by atoms with Crippen LogP contribution >= 0.6 is 11.3 Å². The third-order valence-corrected chi connectivity index (χ3v) is 4.45. The van der Waals surface area contributed by atoms with Gasteiger partial charge in [-0.2, -0.15) is 0 Å². The Morgan fingerprint density at radius 1 is 1.67 bits per heavy atom. The molecule has 18 heavy (non-hydrogen) atoms. The van der Waals surface area contributed by atoms with Crippen molar-refractivity contribution >= 4 is 17.2 Å². The maximum absolute atomic E-state index is 12.1. The minimum absolute atomic E-state index is 0.00441. The first kappa shape index (κ1) is 13.5. The topological polar surface area (TPSA) is 54.0 Å². The monoisotopic (exact) mass is 267 g/mol. The molecule has 0 aliphatic carbocycles. The van der Waals surface area contributed by atoms with E-state index in [0.29, 0.717) is 5.92 Å². The van der Waals surface area contributed by atoms with Gasteiger partial charge in [-0.25, -0.2) is 4.98 Å². The van der Waals surface area contributed by atoms with Crippen molar-refractivity contribution in [3.05, 3.63) is 16.1 Å². The lowest BCUT2D eigenvalue weighted by atomic mass is 9.94. The van der Waals surface area contributed by atoms with E-state index in [0.717, 1.165) is 24.4 Å². The molecule has 0 radical (unpaired) electrons. The summed E-state index contributed by atoms with van der Waals surface area (Å²) in [6, 6.07) is -0.0486. The number of aromatic nitrogens is 1. The summed E-state index contributed by atoms with van der Waals surface area (Å²) >= 11 is 1.64. The Balaban J connectivity index is 1.90. The van der Waals surface area contributed by atoms with Gasteiger partial charge in [0.05, 0.1) is 12.1 Å². The molecule has 0 spiro atoms. The molecule has 0 bridgehead atoms. The van der Waals surface area contributed by atoms with Gasteiger partial charge in [0.1, 0.15) is 5.01 Å². The van der Waals surface area contributed by atoms with Crippen molar-refractivity contribution in [3.63, 3.8) is 0 Å². The van der Waals surface area contributed by atoms with E-state index in [9.17, 15) is 4.79 Å². The lowest BCUT2D eigenvalue weighted by Crippen LogP contribution is -2.48. The molecule has 3 unspecified atom stereocenters. The second kappa shape index (κ2) is 5.80. The van der Waals surface area contributed by atoms with Gasteiger partial charge in [0.25, 0.3) is 0 Å². The Morgan fingerprint density at radius 3 is 3.06 bits per heavy atom. The predicted octanol–water partition coefficient (Wildman–Crippen LogP) is 2.02. The fourth-order valence-corrected chi connectivity index (χ4v) is 3.03. The highest BCUT2D eigenvalue weighted by Gasteiger charge is 2.25. The van der Waals surface area contributed by atoms with Crippen LogP contribution in [-0.2, 0) is 4.79 Å². The number of hydrogen-bond donors (Lipinski definition) is 2. The summed E-state index contributed by atoms with van der Waals surface area (Å²) in [4.78, 5) is 17.6. The van der Waals surface area contributed by atoms with Crippen molar-refractivity contribution in [1.29, 1.82) is 0 Å². The van der Waals surface area contributed by atoms with Gasteiger partial charge in [0.2, 0.25) is 5.91 Å². The Labute approximate surface area is 112 Å². The van der Waals surface area contributed by atoms with Crippen LogP contribution < -0.4 is 10.6 Å². The largest absolute Gasteiger partial charge is 0.346 e. The lowest BCUT2D eigenvalue weighted by molar-refractivity contribution is -0.124. The molecule has 1 aliphatic rings. The van der Waals surface area contributed by atoms with Gasteiger partial charge in [-0.1, -0.05) is 6.92 Å².